The van der Waals surface area contributed by atoms with E-state index in [2.05, 4.69) is 15.6 Å². The lowest BCUT2D eigenvalue weighted by Crippen LogP contribution is -2.05. The van der Waals surface area contributed by atoms with E-state index >= 15 is 0 Å². The Morgan fingerprint density at radius 1 is 1.77 bits per heavy atom. The summed E-state index contributed by atoms with van der Waals surface area (Å²) < 4.78 is 4.67. The van der Waals surface area contributed by atoms with Gasteiger partial charge in [0.05, 0.1) is 5.56 Å². The van der Waals surface area contributed by atoms with Gasteiger partial charge in [0.25, 0.3) is 0 Å². The Morgan fingerprint density at radius 3 is 3.15 bits per heavy atom. The molecule has 0 N–H and O–H groups in total. The van der Waals surface area contributed by atoms with Gasteiger partial charge < -0.3 is 4.74 Å². The zero-order valence-electron chi connectivity index (χ0n) is 6.66. The number of esters is 1. The van der Waals surface area contributed by atoms with E-state index < -0.39 is 5.97 Å². The van der Waals surface area contributed by atoms with Crippen LogP contribution in [0.25, 0.3) is 0 Å². The molecule has 0 aromatic carbocycles. The number of halogens is 1. The van der Waals surface area contributed by atoms with Crippen LogP contribution < -0.4 is 0 Å². The van der Waals surface area contributed by atoms with E-state index in [1.165, 1.54) is 18.3 Å². The number of carbonyl (C=O) groups is 1. The Labute approximate surface area is 80.7 Å². The lowest BCUT2D eigenvalue weighted by molar-refractivity contribution is 0.0556. The highest BCUT2D eigenvalue weighted by atomic mass is 35.5. The van der Waals surface area contributed by atoms with Gasteiger partial charge in [-0.25, -0.2) is 9.78 Å². The van der Waals surface area contributed by atoms with Crippen LogP contribution in [-0.2, 0) is 4.74 Å². The van der Waals surface area contributed by atoms with Gasteiger partial charge in [-0.2, -0.15) is 0 Å². The van der Waals surface area contributed by atoms with Crippen LogP contribution in [0.2, 0.25) is 5.15 Å². The van der Waals surface area contributed by atoms with E-state index in [0.29, 0.717) is 5.56 Å². The molecule has 1 aromatic rings. The van der Waals surface area contributed by atoms with Crippen LogP contribution in [0.4, 0.5) is 0 Å². The third kappa shape index (κ3) is 2.77. The lowest BCUT2D eigenvalue weighted by Gasteiger charge is -1.99. The highest BCUT2D eigenvalue weighted by Crippen LogP contribution is 2.07. The van der Waals surface area contributed by atoms with E-state index in [4.69, 9.17) is 18.0 Å². The number of carbonyl (C=O) groups excluding carboxylic acids is 1. The molecule has 0 amide bonds. The maximum Gasteiger partial charge on any atom is 0.339 e. The second-order valence-corrected chi connectivity index (χ2v) is 2.53. The van der Waals surface area contributed by atoms with Crippen LogP contribution in [0.1, 0.15) is 10.4 Å². The summed E-state index contributed by atoms with van der Waals surface area (Å²) in [6, 6.07) is 2.92. The number of aromatic nitrogens is 1. The van der Waals surface area contributed by atoms with Crippen molar-refractivity contribution < 1.29 is 9.53 Å². The smallest absolute Gasteiger partial charge is 0.339 e. The summed E-state index contributed by atoms with van der Waals surface area (Å²) >= 11 is 5.56. The number of pyridine rings is 1. The fraction of sp³-hybridized carbons (Fsp3) is 0.111. The van der Waals surface area contributed by atoms with Gasteiger partial charge in [0.2, 0.25) is 0 Å². The normalized spacial score (nSPS) is 8.92. The zero-order valence-corrected chi connectivity index (χ0v) is 7.41. The molecule has 0 aliphatic heterocycles. The van der Waals surface area contributed by atoms with Crippen molar-refractivity contribution in [3.05, 3.63) is 29.0 Å². The van der Waals surface area contributed by atoms with E-state index in [1.54, 1.807) is 0 Å². The van der Waals surface area contributed by atoms with E-state index in [0.717, 1.165) is 0 Å². The standard InChI is InChI=1S/C9H6ClNO2/c1-2-5-13-9(12)7-3-4-11-8(10)6-7/h1,3-4,6H,5H2. The van der Waals surface area contributed by atoms with Crippen molar-refractivity contribution in [1.82, 2.24) is 4.98 Å². The quantitative estimate of drug-likeness (QED) is 0.408. The molecule has 3 nitrogen and oxygen atoms in total. The van der Waals surface area contributed by atoms with Gasteiger partial charge in [-0.05, 0) is 12.1 Å². The molecule has 1 aromatic heterocycles. The van der Waals surface area contributed by atoms with Crippen LogP contribution in [0.15, 0.2) is 18.3 Å². The third-order valence-electron chi connectivity index (χ3n) is 1.25. The maximum absolute atomic E-state index is 11.2. The molecule has 4 heteroatoms. The Balaban J connectivity index is 2.72. The molecule has 0 aliphatic rings. The molecule has 0 unspecified atom stereocenters. The zero-order chi connectivity index (χ0) is 9.68. The average molecular weight is 196 g/mol. The molecular formula is C9H6ClNO2. The van der Waals surface area contributed by atoms with Gasteiger partial charge in [0.1, 0.15) is 5.15 Å². The van der Waals surface area contributed by atoms with Gasteiger partial charge in [-0.3, -0.25) is 0 Å². The average Bonchev–Trinajstić information content (AvgIpc) is 2.14. The van der Waals surface area contributed by atoms with Gasteiger partial charge in [-0.1, -0.05) is 17.5 Å². The number of rotatable bonds is 2. The molecule has 13 heavy (non-hydrogen) atoms. The largest absolute Gasteiger partial charge is 0.449 e. The van der Waals surface area contributed by atoms with Crippen molar-refractivity contribution in [3.63, 3.8) is 0 Å². The first-order valence-corrected chi connectivity index (χ1v) is 3.84. The minimum Gasteiger partial charge on any atom is -0.449 e. The van der Waals surface area contributed by atoms with Crippen molar-refractivity contribution in [2.24, 2.45) is 0 Å². The molecule has 0 saturated heterocycles. The first kappa shape index (κ1) is 9.56. The van der Waals surface area contributed by atoms with Gasteiger partial charge >= 0.3 is 5.97 Å². The number of terminal acetylenes is 1. The van der Waals surface area contributed by atoms with Crippen LogP contribution in [0.5, 0.6) is 0 Å². The van der Waals surface area contributed by atoms with Crippen LogP contribution in [0, 0.1) is 12.3 Å². The van der Waals surface area contributed by atoms with Crippen molar-refractivity contribution in [2.75, 3.05) is 6.61 Å². The summed E-state index contributed by atoms with van der Waals surface area (Å²) in [4.78, 5) is 14.9. The number of hydrogen-bond donors (Lipinski definition) is 0. The summed E-state index contributed by atoms with van der Waals surface area (Å²) in [7, 11) is 0. The topological polar surface area (TPSA) is 39.2 Å². The first-order chi connectivity index (χ1) is 6.24. The highest BCUT2D eigenvalue weighted by Gasteiger charge is 2.06. The minimum absolute atomic E-state index is 0.0429. The van der Waals surface area contributed by atoms with Crippen molar-refractivity contribution in [1.29, 1.82) is 0 Å². The molecule has 0 bridgehead atoms. The van der Waals surface area contributed by atoms with Gasteiger partial charge in [0.15, 0.2) is 6.61 Å². The molecule has 0 aliphatic carbocycles. The van der Waals surface area contributed by atoms with Crippen LogP contribution in [-0.4, -0.2) is 17.6 Å². The third-order valence-corrected chi connectivity index (χ3v) is 1.46. The summed E-state index contributed by atoms with van der Waals surface area (Å²) in [6.07, 6.45) is 6.34. The molecule has 1 heterocycles. The van der Waals surface area contributed by atoms with Gasteiger partial charge in [0, 0.05) is 6.20 Å². The molecule has 0 saturated carbocycles. The van der Waals surface area contributed by atoms with Crippen molar-refractivity contribution in [2.45, 2.75) is 0 Å². The monoisotopic (exact) mass is 195 g/mol. The summed E-state index contributed by atoms with van der Waals surface area (Å²) in [5.41, 5.74) is 0.343. The number of ether oxygens (including phenoxy) is 1. The number of hydrogen-bond acceptors (Lipinski definition) is 3. The second kappa shape index (κ2) is 4.48. The highest BCUT2D eigenvalue weighted by molar-refractivity contribution is 6.29. The fourth-order valence-corrected chi connectivity index (χ4v) is 0.894. The maximum atomic E-state index is 11.2. The van der Waals surface area contributed by atoms with Crippen molar-refractivity contribution in [3.8, 4) is 12.3 Å². The first-order valence-electron chi connectivity index (χ1n) is 3.46. The summed E-state index contributed by atoms with van der Waals surface area (Å²) in [5, 5.41) is 0.246. The molecule has 66 valence electrons. The Morgan fingerprint density at radius 2 is 2.54 bits per heavy atom. The predicted molar refractivity (Wildman–Crippen MR) is 48.4 cm³/mol. The Kier molecular flexibility index (Phi) is 3.30. The Bertz CT molecular complexity index is 357. The predicted octanol–water partition coefficient (Wildman–Crippen LogP) is 1.52. The second-order valence-electron chi connectivity index (χ2n) is 2.15. The summed E-state index contributed by atoms with van der Waals surface area (Å²) in [6.45, 7) is -0.0429. The van der Waals surface area contributed by atoms with E-state index in [9.17, 15) is 4.79 Å². The van der Waals surface area contributed by atoms with Gasteiger partial charge in [-0.15, -0.1) is 6.42 Å². The van der Waals surface area contributed by atoms with Crippen LogP contribution >= 0.6 is 11.6 Å². The minimum atomic E-state index is -0.498. The van der Waals surface area contributed by atoms with Crippen LogP contribution in [0.3, 0.4) is 0 Å². The molecule has 0 radical (unpaired) electrons. The molecule has 0 spiro atoms. The molecular weight excluding hydrogens is 190 g/mol. The Hall–Kier alpha value is -1.53. The number of nitrogens with zero attached hydrogens (tertiary/aromatic N) is 1. The molecule has 0 atom stereocenters. The van der Waals surface area contributed by atoms with E-state index in [-0.39, 0.29) is 11.8 Å². The SMILES string of the molecule is C#CCOC(=O)c1ccnc(Cl)c1. The molecule has 1 rings (SSSR count). The van der Waals surface area contributed by atoms with Crippen molar-refractivity contribution >= 4 is 17.6 Å². The fourth-order valence-electron chi connectivity index (χ4n) is 0.720. The summed E-state index contributed by atoms with van der Waals surface area (Å²) in [5.74, 6) is 1.69. The van der Waals surface area contributed by atoms with E-state index in [1.807, 2.05) is 0 Å². The molecule has 0 fully saturated rings. The lowest BCUT2D eigenvalue weighted by atomic mass is 10.3.